The second kappa shape index (κ2) is 10.1. The Balaban J connectivity index is 1.85. The van der Waals surface area contributed by atoms with Crippen molar-refractivity contribution in [1.82, 2.24) is 4.57 Å². The van der Waals surface area contributed by atoms with E-state index < -0.39 is 0 Å². The maximum Gasteiger partial charge on any atom is 0.193 e. The summed E-state index contributed by atoms with van der Waals surface area (Å²) in [5.74, 6) is -0.422. The van der Waals surface area contributed by atoms with E-state index in [-0.39, 0.29) is 28.5 Å². The molecule has 1 aliphatic carbocycles. The number of pyridine rings is 1. The topological polar surface area (TPSA) is 39.1 Å². The molecule has 2 aromatic carbocycles. The molecule has 0 bridgehead atoms. The number of ketones is 1. The van der Waals surface area contributed by atoms with E-state index in [1.807, 2.05) is 10.6 Å². The van der Waals surface area contributed by atoms with Gasteiger partial charge in [-0.1, -0.05) is 56.0 Å². The quantitative estimate of drug-likeness (QED) is 0.289. The van der Waals surface area contributed by atoms with Crippen LogP contribution in [0, 0.1) is 11.7 Å². The standard InChI is InChI=1S/C32H30FNO2/c1-3-21-9-7-11-23(17-21)26-14-6-5-10-22-15-16-34-20-27(29(35)4-2)30(36)19-28(34)32(22)31(26)24-12-8-13-25(33)18-24/h4,7-9,11-14,17-20,22H,2-3,5-6,10,15-16H2,1H3/b26-14+,32-31+. The monoisotopic (exact) mass is 479 g/mol. The number of hydrogen-bond acceptors (Lipinski definition) is 2. The normalized spacial score (nSPS) is 20.8. The lowest BCUT2D eigenvalue weighted by atomic mass is 9.75. The van der Waals surface area contributed by atoms with Gasteiger partial charge in [0, 0.05) is 24.5 Å². The Morgan fingerprint density at radius 1 is 1.11 bits per heavy atom. The van der Waals surface area contributed by atoms with Crippen molar-refractivity contribution in [3.8, 4) is 0 Å². The number of allylic oxidation sites excluding steroid dienone is 5. The summed E-state index contributed by atoms with van der Waals surface area (Å²) in [5, 5.41) is 0. The first kappa shape index (κ1) is 23.9. The van der Waals surface area contributed by atoms with Gasteiger partial charge in [-0.15, -0.1) is 0 Å². The van der Waals surface area contributed by atoms with Crippen LogP contribution >= 0.6 is 0 Å². The third-order valence-corrected chi connectivity index (χ3v) is 7.38. The Morgan fingerprint density at radius 2 is 1.92 bits per heavy atom. The maximum atomic E-state index is 14.6. The Kier molecular flexibility index (Phi) is 6.69. The van der Waals surface area contributed by atoms with Crippen molar-refractivity contribution in [2.75, 3.05) is 0 Å². The van der Waals surface area contributed by atoms with Crippen molar-refractivity contribution >= 4 is 22.5 Å². The zero-order valence-corrected chi connectivity index (χ0v) is 20.6. The Hall–Kier alpha value is -3.79. The van der Waals surface area contributed by atoms with Crippen molar-refractivity contribution < 1.29 is 9.18 Å². The van der Waals surface area contributed by atoms with Crippen LogP contribution in [0.2, 0.25) is 0 Å². The summed E-state index contributed by atoms with van der Waals surface area (Å²) in [6.45, 7) is 6.41. The summed E-state index contributed by atoms with van der Waals surface area (Å²) in [6.07, 6.45) is 9.92. The number of nitrogens with zero attached hydrogens (tertiary/aromatic N) is 1. The Morgan fingerprint density at radius 3 is 2.69 bits per heavy atom. The van der Waals surface area contributed by atoms with Gasteiger partial charge in [0.1, 0.15) is 5.82 Å². The first-order valence-electron chi connectivity index (χ1n) is 12.7. The third-order valence-electron chi connectivity index (χ3n) is 7.38. The first-order chi connectivity index (χ1) is 17.5. The summed E-state index contributed by atoms with van der Waals surface area (Å²) >= 11 is 0. The molecule has 36 heavy (non-hydrogen) atoms. The van der Waals surface area contributed by atoms with Gasteiger partial charge in [-0.3, -0.25) is 9.59 Å². The molecule has 0 saturated heterocycles. The van der Waals surface area contributed by atoms with Gasteiger partial charge >= 0.3 is 0 Å². The lowest BCUT2D eigenvalue weighted by molar-refractivity contribution is 0.104. The van der Waals surface area contributed by atoms with Crippen molar-refractivity contribution in [3.05, 3.63) is 124 Å². The fraction of sp³-hybridized carbons (Fsp3) is 0.250. The molecular weight excluding hydrogens is 449 g/mol. The van der Waals surface area contributed by atoms with Crippen LogP contribution in [0.1, 0.15) is 65.3 Å². The lowest BCUT2D eigenvalue weighted by Crippen LogP contribution is -2.26. The van der Waals surface area contributed by atoms with Gasteiger partial charge in [0.05, 0.1) is 5.56 Å². The predicted octanol–water partition coefficient (Wildman–Crippen LogP) is 7.12. The van der Waals surface area contributed by atoms with E-state index in [4.69, 9.17) is 0 Å². The third kappa shape index (κ3) is 4.44. The molecule has 1 aliphatic heterocycles. The van der Waals surface area contributed by atoms with E-state index in [2.05, 4.69) is 43.8 Å². The van der Waals surface area contributed by atoms with Crippen molar-refractivity contribution in [2.45, 2.75) is 45.6 Å². The SMILES string of the molecule is C=CC(=O)c1cn2c(cc1=O)/C1=C(c3cccc(F)c3)/C(c3cccc(CC)c3)=C/CCCC1CC2. The van der Waals surface area contributed by atoms with Gasteiger partial charge in [0.25, 0.3) is 0 Å². The van der Waals surface area contributed by atoms with Gasteiger partial charge < -0.3 is 4.57 Å². The van der Waals surface area contributed by atoms with Crippen molar-refractivity contribution in [1.29, 1.82) is 0 Å². The molecule has 2 aliphatic rings. The summed E-state index contributed by atoms with van der Waals surface area (Å²) in [7, 11) is 0. The molecule has 5 rings (SSSR count). The number of carbonyl (C=O) groups excluding carboxylic acids is 1. The molecule has 0 saturated carbocycles. The molecule has 3 nitrogen and oxygen atoms in total. The van der Waals surface area contributed by atoms with E-state index in [1.54, 1.807) is 24.4 Å². The van der Waals surface area contributed by atoms with Crippen LogP contribution in [0.3, 0.4) is 0 Å². The van der Waals surface area contributed by atoms with Gasteiger partial charge in [-0.25, -0.2) is 4.39 Å². The van der Waals surface area contributed by atoms with E-state index >= 15 is 0 Å². The zero-order chi connectivity index (χ0) is 25.2. The smallest absolute Gasteiger partial charge is 0.193 e. The van der Waals surface area contributed by atoms with E-state index in [0.717, 1.165) is 72.2 Å². The molecular formula is C32H30FNO2. The molecule has 0 fully saturated rings. The van der Waals surface area contributed by atoms with Gasteiger partial charge in [-0.05, 0) is 89.6 Å². The molecule has 3 aromatic rings. The Labute approximate surface area is 211 Å². The van der Waals surface area contributed by atoms with E-state index in [1.165, 1.54) is 17.7 Å². The van der Waals surface area contributed by atoms with Gasteiger partial charge in [-0.2, -0.15) is 0 Å². The average molecular weight is 480 g/mol. The molecule has 2 heterocycles. The highest BCUT2D eigenvalue weighted by Gasteiger charge is 2.31. The number of rotatable bonds is 5. The summed E-state index contributed by atoms with van der Waals surface area (Å²) < 4.78 is 16.6. The molecule has 4 heteroatoms. The van der Waals surface area contributed by atoms with Crippen LogP contribution < -0.4 is 5.43 Å². The van der Waals surface area contributed by atoms with Crippen LogP contribution in [-0.2, 0) is 13.0 Å². The van der Waals surface area contributed by atoms with Crippen LogP contribution in [-0.4, -0.2) is 10.4 Å². The highest BCUT2D eigenvalue weighted by atomic mass is 19.1. The fourth-order valence-corrected chi connectivity index (χ4v) is 5.59. The number of fused-ring (bicyclic) bond motifs is 3. The fourth-order valence-electron chi connectivity index (χ4n) is 5.59. The van der Waals surface area contributed by atoms with Crippen molar-refractivity contribution in [3.63, 3.8) is 0 Å². The minimum absolute atomic E-state index is 0.136. The summed E-state index contributed by atoms with van der Waals surface area (Å²) in [6, 6.07) is 16.9. The number of hydrogen-bond donors (Lipinski definition) is 0. The second-order valence-electron chi connectivity index (χ2n) is 9.59. The van der Waals surface area contributed by atoms with Crippen LogP contribution in [0.25, 0.3) is 16.7 Å². The summed E-state index contributed by atoms with van der Waals surface area (Å²) in [4.78, 5) is 25.4. The van der Waals surface area contributed by atoms with E-state index in [0.29, 0.717) is 0 Å². The highest BCUT2D eigenvalue weighted by Crippen LogP contribution is 2.46. The van der Waals surface area contributed by atoms with Crippen LogP contribution in [0.15, 0.2) is 84.3 Å². The minimum atomic E-state index is -0.369. The van der Waals surface area contributed by atoms with Crippen LogP contribution in [0.5, 0.6) is 0 Å². The zero-order valence-electron chi connectivity index (χ0n) is 20.6. The molecule has 0 spiro atoms. The van der Waals surface area contributed by atoms with E-state index in [9.17, 15) is 14.0 Å². The largest absolute Gasteiger partial charge is 0.347 e. The molecule has 1 unspecified atom stereocenters. The lowest BCUT2D eigenvalue weighted by Gasteiger charge is -2.34. The molecule has 0 radical (unpaired) electrons. The maximum absolute atomic E-state index is 14.6. The van der Waals surface area contributed by atoms with Gasteiger partial charge in [0.2, 0.25) is 0 Å². The molecule has 182 valence electrons. The second-order valence-corrected chi connectivity index (χ2v) is 9.59. The predicted molar refractivity (Wildman–Crippen MR) is 144 cm³/mol. The number of aromatic nitrogens is 1. The Bertz CT molecular complexity index is 1470. The minimum Gasteiger partial charge on any atom is -0.347 e. The number of benzene rings is 2. The number of carbonyl (C=O) groups is 1. The van der Waals surface area contributed by atoms with Gasteiger partial charge in [0.15, 0.2) is 11.2 Å². The average Bonchev–Trinajstić information content (AvgIpc) is 2.88. The summed E-state index contributed by atoms with van der Waals surface area (Å²) in [5.41, 5.74) is 6.90. The number of aryl methyl sites for hydroxylation is 2. The highest BCUT2D eigenvalue weighted by molar-refractivity contribution is 6.15. The van der Waals surface area contributed by atoms with Crippen molar-refractivity contribution in [2.24, 2.45) is 5.92 Å². The number of halogens is 1. The molecule has 0 N–H and O–H groups in total. The molecule has 0 amide bonds. The molecule has 1 atom stereocenters. The molecule has 1 aromatic heterocycles. The first-order valence-corrected chi connectivity index (χ1v) is 12.7. The van der Waals surface area contributed by atoms with Crippen LogP contribution in [0.4, 0.5) is 4.39 Å².